The highest BCUT2D eigenvalue weighted by atomic mass is 16.6. The lowest BCUT2D eigenvalue weighted by molar-refractivity contribution is -0.385. The van der Waals surface area contributed by atoms with Gasteiger partial charge >= 0.3 is 5.97 Å². The van der Waals surface area contributed by atoms with E-state index in [-0.39, 0.29) is 22.9 Å². The first kappa shape index (κ1) is 12.4. The van der Waals surface area contributed by atoms with Crippen molar-refractivity contribution in [2.75, 3.05) is 0 Å². The Morgan fingerprint density at radius 2 is 2.16 bits per heavy atom. The summed E-state index contributed by atoms with van der Waals surface area (Å²) in [4.78, 5) is 28.4. The Kier molecular flexibility index (Phi) is 3.33. The molecule has 19 heavy (non-hydrogen) atoms. The molecule has 0 saturated heterocycles. The van der Waals surface area contributed by atoms with Gasteiger partial charge in [0.25, 0.3) is 5.69 Å². The number of carboxylic acids is 1. The first-order chi connectivity index (χ1) is 9.08. The summed E-state index contributed by atoms with van der Waals surface area (Å²) in [5.41, 5.74) is -0.311. The lowest BCUT2D eigenvalue weighted by Gasteiger charge is -2.06. The number of ether oxygens (including phenoxy) is 1. The maximum absolute atomic E-state index is 11.0. The van der Waals surface area contributed by atoms with Gasteiger partial charge in [-0.2, -0.15) is 0 Å². The lowest BCUT2D eigenvalue weighted by Crippen LogP contribution is -2.01. The number of pyridine rings is 2. The molecular formula is C11H7N3O5. The van der Waals surface area contributed by atoms with E-state index in [4.69, 9.17) is 9.84 Å². The molecule has 0 bridgehead atoms. The minimum absolute atomic E-state index is 0.0389. The standard InChI is InChI=1S/C11H7N3O5/c15-11(16)8-2-3-12-6-9(8)19-10-5-7(14(17)18)1-4-13-10/h1-6H,(H,15,16). The molecule has 1 N–H and O–H groups in total. The summed E-state index contributed by atoms with van der Waals surface area (Å²) < 4.78 is 5.20. The van der Waals surface area contributed by atoms with E-state index < -0.39 is 10.9 Å². The van der Waals surface area contributed by atoms with Crippen LogP contribution in [-0.2, 0) is 0 Å². The Morgan fingerprint density at radius 3 is 2.84 bits per heavy atom. The van der Waals surface area contributed by atoms with E-state index >= 15 is 0 Å². The maximum atomic E-state index is 11.0. The molecule has 2 rings (SSSR count). The molecule has 96 valence electrons. The van der Waals surface area contributed by atoms with Crippen molar-refractivity contribution >= 4 is 11.7 Å². The summed E-state index contributed by atoms with van der Waals surface area (Å²) in [6.07, 6.45) is 3.70. The molecule has 0 radical (unpaired) electrons. The van der Waals surface area contributed by atoms with Crippen molar-refractivity contribution in [2.45, 2.75) is 0 Å². The monoisotopic (exact) mass is 261 g/mol. The molecule has 0 unspecified atom stereocenters. The average molecular weight is 261 g/mol. The van der Waals surface area contributed by atoms with Crippen LogP contribution in [0.15, 0.2) is 36.8 Å². The molecular weight excluding hydrogens is 254 g/mol. The van der Waals surface area contributed by atoms with Gasteiger partial charge in [0.2, 0.25) is 5.88 Å². The van der Waals surface area contributed by atoms with Crippen molar-refractivity contribution in [2.24, 2.45) is 0 Å². The number of hydrogen-bond acceptors (Lipinski definition) is 6. The molecule has 0 aliphatic carbocycles. The van der Waals surface area contributed by atoms with Gasteiger partial charge in [0.15, 0.2) is 5.75 Å². The second kappa shape index (κ2) is 5.08. The van der Waals surface area contributed by atoms with E-state index in [2.05, 4.69) is 9.97 Å². The largest absolute Gasteiger partial charge is 0.478 e. The van der Waals surface area contributed by atoms with Crippen LogP contribution >= 0.6 is 0 Å². The van der Waals surface area contributed by atoms with E-state index in [0.717, 1.165) is 6.07 Å². The van der Waals surface area contributed by atoms with Gasteiger partial charge in [-0.25, -0.2) is 9.78 Å². The van der Waals surface area contributed by atoms with Crippen molar-refractivity contribution in [3.63, 3.8) is 0 Å². The molecule has 2 aromatic heterocycles. The highest BCUT2D eigenvalue weighted by Gasteiger charge is 2.14. The molecule has 0 amide bonds. The Labute approximate surface area is 106 Å². The topological polar surface area (TPSA) is 115 Å². The fourth-order valence-electron chi connectivity index (χ4n) is 1.32. The number of hydrogen-bond donors (Lipinski definition) is 1. The minimum Gasteiger partial charge on any atom is -0.478 e. The summed E-state index contributed by atoms with van der Waals surface area (Å²) >= 11 is 0. The summed E-state index contributed by atoms with van der Waals surface area (Å²) in [6.45, 7) is 0. The quantitative estimate of drug-likeness (QED) is 0.659. The molecule has 0 spiro atoms. The van der Waals surface area contributed by atoms with Crippen molar-refractivity contribution in [1.82, 2.24) is 9.97 Å². The van der Waals surface area contributed by atoms with E-state index in [1.807, 2.05) is 0 Å². The van der Waals surface area contributed by atoms with Crippen LogP contribution in [0.4, 0.5) is 5.69 Å². The smallest absolute Gasteiger partial charge is 0.339 e. The van der Waals surface area contributed by atoms with Crippen LogP contribution in [0.25, 0.3) is 0 Å². The molecule has 0 aromatic carbocycles. The zero-order valence-electron chi connectivity index (χ0n) is 9.39. The number of nitro groups is 1. The number of nitrogens with zero attached hydrogens (tertiary/aromatic N) is 3. The lowest BCUT2D eigenvalue weighted by atomic mass is 10.2. The van der Waals surface area contributed by atoms with Gasteiger partial charge in [0, 0.05) is 18.5 Å². The van der Waals surface area contributed by atoms with Gasteiger partial charge in [-0.3, -0.25) is 15.1 Å². The summed E-state index contributed by atoms with van der Waals surface area (Å²) in [5.74, 6) is -1.31. The zero-order valence-corrected chi connectivity index (χ0v) is 9.39. The number of aromatic carboxylic acids is 1. The SMILES string of the molecule is O=C(O)c1ccncc1Oc1cc([N+](=O)[O-])ccn1. The molecule has 2 aromatic rings. The number of carboxylic acid groups (broad SMARTS) is 1. The Bertz CT molecular complexity index is 644. The second-order valence-electron chi connectivity index (χ2n) is 3.39. The van der Waals surface area contributed by atoms with Crippen LogP contribution in [0.3, 0.4) is 0 Å². The van der Waals surface area contributed by atoms with Gasteiger partial charge in [0.05, 0.1) is 17.2 Å². The fourth-order valence-corrected chi connectivity index (χ4v) is 1.32. The molecule has 8 heteroatoms. The highest BCUT2D eigenvalue weighted by molar-refractivity contribution is 5.90. The van der Waals surface area contributed by atoms with Gasteiger partial charge in [0.1, 0.15) is 5.56 Å². The van der Waals surface area contributed by atoms with Crippen molar-refractivity contribution in [3.05, 3.63) is 52.5 Å². The number of carbonyl (C=O) groups is 1. The third-order valence-corrected chi connectivity index (χ3v) is 2.16. The first-order valence-corrected chi connectivity index (χ1v) is 5.03. The van der Waals surface area contributed by atoms with E-state index in [9.17, 15) is 14.9 Å². The van der Waals surface area contributed by atoms with Gasteiger partial charge in [-0.1, -0.05) is 0 Å². The average Bonchev–Trinajstić information content (AvgIpc) is 2.39. The number of rotatable bonds is 4. The predicted octanol–water partition coefficient (Wildman–Crippen LogP) is 1.88. The molecule has 8 nitrogen and oxygen atoms in total. The zero-order chi connectivity index (χ0) is 13.8. The van der Waals surface area contributed by atoms with Crippen molar-refractivity contribution < 1.29 is 19.6 Å². The molecule has 0 atom stereocenters. The summed E-state index contributed by atoms with van der Waals surface area (Å²) in [6, 6.07) is 3.56. The van der Waals surface area contributed by atoms with Crippen LogP contribution in [0.2, 0.25) is 0 Å². The van der Waals surface area contributed by atoms with Crippen molar-refractivity contribution in [1.29, 1.82) is 0 Å². The number of aromatic nitrogens is 2. The summed E-state index contributed by atoms with van der Waals surface area (Å²) in [5, 5.41) is 19.5. The maximum Gasteiger partial charge on any atom is 0.339 e. The van der Waals surface area contributed by atoms with Crippen LogP contribution in [-0.4, -0.2) is 26.0 Å². The van der Waals surface area contributed by atoms with Gasteiger partial charge in [-0.05, 0) is 6.07 Å². The highest BCUT2D eigenvalue weighted by Crippen LogP contribution is 2.25. The predicted molar refractivity (Wildman–Crippen MR) is 62.2 cm³/mol. The van der Waals surface area contributed by atoms with Crippen LogP contribution in [0.5, 0.6) is 11.6 Å². The molecule has 0 aliphatic heterocycles. The Morgan fingerprint density at radius 1 is 1.37 bits per heavy atom. The van der Waals surface area contributed by atoms with E-state index in [1.165, 1.54) is 30.7 Å². The summed E-state index contributed by atoms with van der Waals surface area (Å²) in [7, 11) is 0. The third-order valence-electron chi connectivity index (χ3n) is 2.16. The first-order valence-electron chi connectivity index (χ1n) is 5.03. The molecule has 0 aliphatic rings. The van der Waals surface area contributed by atoms with Crippen molar-refractivity contribution in [3.8, 4) is 11.6 Å². The minimum atomic E-state index is -1.19. The molecule has 2 heterocycles. The van der Waals surface area contributed by atoms with Crippen LogP contribution in [0, 0.1) is 10.1 Å². The Balaban J connectivity index is 2.34. The fraction of sp³-hybridized carbons (Fsp3) is 0. The van der Waals surface area contributed by atoms with E-state index in [0.29, 0.717) is 0 Å². The van der Waals surface area contributed by atoms with Crippen LogP contribution < -0.4 is 4.74 Å². The van der Waals surface area contributed by atoms with Gasteiger partial charge in [-0.15, -0.1) is 0 Å². The van der Waals surface area contributed by atoms with E-state index in [1.54, 1.807) is 0 Å². The normalized spacial score (nSPS) is 9.89. The van der Waals surface area contributed by atoms with Gasteiger partial charge < -0.3 is 9.84 Å². The Hall–Kier alpha value is -3.03. The van der Waals surface area contributed by atoms with Crippen LogP contribution in [0.1, 0.15) is 10.4 Å². The third kappa shape index (κ3) is 2.80. The second-order valence-corrected chi connectivity index (χ2v) is 3.39. The molecule has 0 saturated carbocycles. The molecule has 0 fully saturated rings.